The minimum absolute atomic E-state index is 0.272. The quantitative estimate of drug-likeness (QED) is 0.848. The lowest BCUT2D eigenvalue weighted by Gasteiger charge is -2.34. The molecule has 1 aromatic carbocycles. The number of nitrogens with two attached hydrogens (primary N) is 2. The number of hydrogen-bond donors (Lipinski definition) is 2. The zero-order valence-corrected chi connectivity index (χ0v) is 14.3. The Bertz CT molecular complexity index is 777. The van der Waals surface area contributed by atoms with Crippen LogP contribution in [0.5, 0.6) is 0 Å². The van der Waals surface area contributed by atoms with Gasteiger partial charge in [0.1, 0.15) is 11.5 Å². The lowest BCUT2D eigenvalue weighted by atomic mass is 10.1. The SMILES string of the molecule is NC(=O)N1CCN(c2cnc(-c3cccc(Cl)c3Cl)c(N)n2)CC1. The molecule has 1 aromatic heterocycles. The summed E-state index contributed by atoms with van der Waals surface area (Å²) in [5.74, 6) is 0.924. The van der Waals surface area contributed by atoms with Crippen molar-refractivity contribution in [2.75, 3.05) is 36.8 Å². The van der Waals surface area contributed by atoms with Gasteiger partial charge < -0.3 is 21.3 Å². The molecule has 0 unspecified atom stereocenters. The van der Waals surface area contributed by atoms with Gasteiger partial charge in [0.05, 0.1) is 16.2 Å². The summed E-state index contributed by atoms with van der Waals surface area (Å²) in [6.45, 7) is 2.32. The molecule has 2 amide bonds. The van der Waals surface area contributed by atoms with Crippen LogP contribution >= 0.6 is 23.2 Å². The van der Waals surface area contributed by atoms with E-state index in [9.17, 15) is 4.79 Å². The molecule has 3 rings (SSSR count). The monoisotopic (exact) mass is 366 g/mol. The van der Waals surface area contributed by atoms with Gasteiger partial charge in [-0.05, 0) is 6.07 Å². The predicted octanol–water partition coefficient (Wildman–Crippen LogP) is 2.23. The Morgan fingerprint density at radius 2 is 1.88 bits per heavy atom. The van der Waals surface area contributed by atoms with E-state index in [1.165, 1.54) is 0 Å². The third-order valence-electron chi connectivity index (χ3n) is 3.91. The number of rotatable bonds is 2. The number of urea groups is 1. The number of nitrogen functional groups attached to an aromatic ring is 1. The second-order valence-electron chi connectivity index (χ2n) is 5.38. The highest BCUT2D eigenvalue weighted by Crippen LogP contribution is 2.34. The first-order valence-electron chi connectivity index (χ1n) is 7.33. The van der Waals surface area contributed by atoms with Gasteiger partial charge in [0, 0.05) is 31.7 Å². The van der Waals surface area contributed by atoms with E-state index in [-0.39, 0.29) is 5.82 Å². The van der Waals surface area contributed by atoms with E-state index in [4.69, 9.17) is 34.7 Å². The van der Waals surface area contributed by atoms with Crippen molar-refractivity contribution in [3.63, 3.8) is 0 Å². The Balaban J connectivity index is 1.83. The molecule has 1 fully saturated rings. The molecule has 0 saturated carbocycles. The summed E-state index contributed by atoms with van der Waals surface area (Å²) < 4.78 is 0. The van der Waals surface area contributed by atoms with Gasteiger partial charge in [-0.25, -0.2) is 14.8 Å². The normalized spacial score (nSPS) is 14.8. The maximum atomic E-state index is 11.2. The highest BCUT2D eigenvalue weighted by atomic mass is 35.5. The van der Waals surface area contributed by atoms with Crippen molar-refractivity contribution in [3.05, 3.63) is 34.4 Å². The molecule has 0 radical (unpaired) electrons. The van der Waals surface area contributed by atoms with Crippen LogP contribution in [0.2, 0.25) is 10.0 Å². The number of carbonyl (C=O) groups is 1. The summed E-state index contributed by atoms with van der Waals surface area (Å²) in [4.78, 5) is 23.6. The summed E-state index contributed by atoms with van der Waals surface area (Å²) in [6, 6.07) is 4.86. The molecule has 0 bridgehead atoms. The standard InChI is InChI=1S/C15H16Cl2N6O/c16-10-3-1-2-9(12(10)17)13-14(18)21-11(8-20-13)22-4-6-23(7-5-22)15(19)24/h1-3,8H,4-7H2,(H2,18,21)(H2,19,24). The van der Waals surface area contributed by atoms with Crippen LogP contribution in [0.4, 0.5) is 16.4 Å². The minimum Gasteiger partial charge on any atom is -0.382 e. The van der Waals surface area contributed by atoms with Crippen LogP contribution in [-0.4, -0.2) is 47.1 Å². The number of aromatic nitrogens is 2. The first-order chi connectivity index (χ1) is 11.5. The van der Waals surface area contributed by atoms with Gasteiger partial charge in [0.15, 0.2) is 5.82 Å². The summed E-state index contributed by atoms with van der Waals surface area (Å²) in [7, 11) is 0. The third kappa shape index (κ3) is 3.18. The van der Waals surface area contributed by atoms with Crippen molar-refractivity contribution in [1.29, 1.82) is 0 Å². The Labute approximate surface area is 149 Å². The van der Waals surface area contributed by atoms with Crippen molar-refractivity contribution >= 4 is 40.9 Å². The maximum absolute atomic E-state index is 11.2. The number of primary amides is 1. The minimum atomic E-state index is -0.411. The molecule has 1 aliphatic heterocycles. The van der Waals surface area contributed by atoms with E-state index < -0.39 is 6.03 Å². The summed E-state index contributed by atoms with van der Waals surface area (Å²) in [5.41, 5.74) is 12.5. The van der Waals surface area contributed by atoms with Crippen LogP contribution in [0.1, 0.15) is 0 Å². The summed E-state index contributed by atoms with van der Waals surface area (Å²) >= 11 is 12.3. The molecule has 0 aliphatic carbocycles. The highest BCUT2D eigenvalue weighted by Gasteiger charge is 2.21. The average Bonchev–Trinajstić information content (AvgIpc) is 2.58. The van der Waals surface area contributed by atoms with Crippen LogP contribution in [0, 0.1) is 0 Å². The van der Waals surface area contributed by atoms with Crippen LogP contribution < -0.4 is 16.4 Å². The lowest BCUT2D eigenvalue weighted by Crippen LogP contribution is -2.50. The molecule has 0 spiro atoms. The number of nitrogens with zero attached hydrogens (tertiary/aromatic N) is 4. The van der Waals surface area contributed by atoms with Crippen LogP contribution in [0.15, 0.2) is 24.4 Å². The molecule has 1 saturated heterocycles. The second-order valence-corrected chi connectivity index (χ2v) is 6.16. The number of halogens is 2. The molecule has 4 N–H and O–H groups in total. The first-order valence-corrected chi connectivity index (χ1v) is 8.09. The highest BCUT2D eigenvalue weighted by molar-refractivity contribution is 6.43. The molecule has 126 valence electrons. The van der Waals surface area contributed by atoms with Gasteiger partial charge in [-0.2, -0.15) is 0 Å². The largest absolute Gasteiger partial charge is 0.382 e. The first kappa shape index (κ1) is 16.6. The summed E-state index contributed by atoms with van der Waals surface area (Å²) in [5, 5.41) is 0.824. The van der Waals surface area contributed by atoms with Crippen molar-refractivity contribution in [3.8, 4) is 11.3 Å². The Kier molecular flexibility index (Phi) is 4.64. The number of anilines is 2. The molecular formula is C15H16Cl2N6O. The van der Waals surface area contributed by atoms with Gasteiger partial charge in [0.2, 0.25) is 0 Å². The van der Waals surface area contributed by atoms with E-state index in [1.54, 1.807) is 29.3 Å². The fraction of sp³-hybridized carbons (Fsp3) is 0.267. The van der Waals surface area contributed by atoms with Crippen molar-refractivity contribution in [1.82, 2.24) is 14.9 Å². The van der Waals surface area contributed by atoms with Crippen LogP contribution in [-0.2, 0) is 0 Å². The van der Waals surface area contributed by atoms with E-state index >= 15 is 0 Å². The number of amides is 2. The van der Waals surface area contributed by atoms with E-state index in [1.807, 2.05) is 4.90 Å². The van der Waals surface area contributed by atoms with E-state index in [2.05, 4.69) is 9.97 Å². The molecule has 0 atom stereocenters. The number of piperazine rings is 1. The Morgan fingerprint density at radius 3 is 2.50 bits per heavy atom. The second kappa shape index (κ2) is 6.70. The Hall–Kier alpha value is -2.25. The van der Waals surface area contributed by atoms with Crippen molar-refractivity contribution in [2.24, 2.45) is 5.73 Å². The van der Waals surface area contributed by atoms with Gasteiger partial charge in [-0.3, -0.25) is 0 Å². The maximum Gasteiger partial charge on any atom is 0.314 e. The molecular weight excluding hydrogens is 351 g/mol. The fourth-order valence-electron chi connectivity index (χ4n) is 2.60. The fourth-order valence-corrected chi connectivity index (χ4v) is 2.99. The zero-order valence-electron chi connectivity index (χ0n) is 12.7. The molecule has 2 heterocycles. The predicted molar refractivity (Wildman–Crippen MR) is 95.3 cm³/mol. The third-order valence-corrected chi connectivity index (χ3v) is 4.73. The van der Waals surface area contributed by atoms with Crippen molar-refractivity contribution < 1.29 is 4.79 Å². The van der Waals surface area contributed by atoms with Gasteiger partial charge in [-0.15, -0.1) is 0 Å². The van der Waals surface area contributed by atoms with Gasteiger partial charge in [-0.1, -0.05) is 35.3 Å². The molecule has 24 heavy (non-hydrogen) atoms. The molecule has 7 nitrogen and oxygen atoms in total. The Morgan fingerprint density at radius 1 is 1.17 bits per heavy atom. The summed E-state index contributed by atoms with van der Waals surface area (Å²) in [6.07, 6.45) is 1.64. The van der Waals surface area contributed by atoms with Gasteiger partial charge >= 0.3 is 6.03 Å². The lowest BCUT2D eigenvalue weighted by molar-refractivity contribution is 0.204. The number of benzene rings is 1. The van der Waals surface area contributed by atoms with Crippen molar-refractivity contribution in [2.45, 2.75) is 0 Å². The average molecular weight is 367 g/mol. The number of carbonyl (C=O) groups excluding carboxylic acids is 1. The van der Waals surface area contributed by atoms with Crippen LogP contribution in [0.25, 0.3) is 11.3 Å². The van der Waals surface area contributed by atoms with E-state index in [0.29, 0.717) is 53.3 Å². The zero-order chi connectivity index (χ0) is 17.3. The smallest absolute Gasteiger partial charge is 0.314 e. The molecule has 9 heteroatoms. The molecule has 1 aliphatic rings. The number of hydrogen-bond acceptors (Lipinski definition) is 5. The topological polar surface area (TPSA) is 101 Å². The van der Waals surface area contributed by atoms with E-state index in [0.717, 1.165) is 0 Å². The van der Waals surface area contributed by atoms with Crippen LogP contribution in [0.3, 0.4) is 0 Å². The molecule has 2 aromatic rings. The van der Waals surface area contributed by atoms with Gasteiger partial charge in [0.25, 0.3) is 0 Å².